The lowest BCUT2D eigenvalue weighted by molar-refractivity contribution is -0.152. The molecule has 2 aliphatic carbocycles. The zero-order valence-electron chi connectivity index (χ0n) is 32.2. The summed E-state index contributed by atoms with van der Waals surface area (Å²) < 4.78 is 67.5. The van der Waals surface area contributed by atoms with E-state index in [0.29, 0.717) is 47.5 Å². The Balaban J connectivity index is 0.993. The van der Waals surface area contributed by atoms with Gasteiger partial charge in [0.15, 0.2) is 0 Å². The number of fused-ring (bicyclic) bond motifs is 1. The highest BCUT2D eigenvalue weighted by Gasteiger charge is 2.30. The summed E-state index contributed by atoms with van der Waals surface area (Å²) >= 11 is 0. The monoisotopic (exact) mass is 836 g/mol. The minimum atomic E-state index is -4.41. The van der Waals surface area contributed by atoms with Crippen molar-refractivity contribution in [2.75, 3.05) is 4.72 Å². The van der Waals surface area contributed by atoms with Crippen LogP contribution in [0.15, 0.2) is 100 Å². The number of ether oxygens (including phenoxy) is 1. The van der Waals surface area contributed by atoms with Gasteiger partial charge in [0.05, 0.1) is 45.1 Å². The van der Waals surface area contributed by atoms with Gasteiger partial charge in [-0.1, -0.05) is 18.6 Å². The average Bonchev–Trinajstić information content (AvgIpc) is 4.11. The van der Waals surface area contributed by atoms with Crippen molar-refractivity contribution < 1.29 is 31.5 Å². The smallest absolute Gasteiger partial charge is 0.335 e. The van der Waals surface area contributed by atoms with E-state index in [4.69, 9.17) is 4.74 Å². The van der Waals surface area contributed by atoms with Crippen LogP contribution in [0.5, 0.6) is 0 Å². The zero-order chi connectivity index (χ0) is 42.1. The summed E-state index contributed by atoms with van der Waals surface area (Å²) in [5.41, 5.74) is -0.708. The lowest BCUT2D eigenvalue weighted by Gasteiger charge is -2.25. The molecule has 15 nitrogen and oxygen atoms in total. The maximum atomic E-state index is 15.6. The number of benzene rings is 2. The molecule has 308 valence electrons. The quantitative estimate of drug-likeness (QED) is 0.156. The molecule has 0 spiro atoms. The Hall–Kier alpha value is -6.69. The van der Waals surface area contributed by atoms with Crippen molar-refractivity contribution in [2.24, 2.45) is 7.05 Å². The number of rotatable bonds is 12. The van der Waals surface area contributed by atoms with Crippen molar-refractivity contribution in [1.29, 1.82) is 0 Å². The lowest BCUT2D eigenvalue weighted by Crippen LogP contribution is -2.45. The fraction of sp³-hybridized carbons (Fsp3) is 0.286. The third kappa shape index (κ3) is 8.40. The summed E-state index contributed by atoms with van der Waals surface area (Å²) in [6.07, 6.45) is 12.8. The van der Waals surface area contributed by atoms with E-state index in [1.165, 1.54) is 60.5 Å². The number of esters is 1. The second kappa shape index (κ2) is 16.5. The Kier molecular flexibility index (Phi) is 11.0. The predicted molar refractivity (Wildman–Crippen MR) is 215 cm³/mol. The molecule has 1 amide bonds. The molecule has 6 aromatic rings. The number of sulfonamides is 1. The van der Waals surface area contributed by atoms with E-state index in [1.54, 1.807) is 24.5 Å². The van der Waals surface area contributed by atoms with Crippen LogP contribution in [0.25, 0.3) is 27.7 Å². The van der Waals surface area contributed by atoms with Gasteiger partial charge in [-0.05, 0) is 80.5 Å². The summed E-state index contributed by atoms with van der Waals surface area (Å²) in [6, 6.07) is 9.75. The number of carbonyl (C=O) groups is 2. The molecule has 2 fully saturated rings. The van der Waals surface area contributed by atoms with Crippen LogP contribution in [-0.2, 0) is 33.0 Å². The number of aromatic nitrogens is 6. The molecule has 18 heteroatoms. The lowest BCUT2D eigenvalue weighted by atomic mass is 9.97. The number of amides is 1. The van der Waals surface area contributed by atoms with Gasteiger partial charge in [-0.3, -0.25) is 28.8 Å². The average molecular weight is 837 g/mol. The number of aryl methyl sites for hydroxylation is 1. The van der Waals surface area contributed by atoms with E-state index in [-0.39, 0.29) is 28.1 Å². The highest BCUT2D eigenvalue weighted by atomic mass is 32.2. The second-order valence-electron chi connectivity index (χ2n) is 14.9. The van der Waals surface area contributed by atoms with Crippen molar-refractivity contribution >= 4 is 38.5 Å². The van der Waals surface area contributed by atoms with E-state index in [1.807, 2.05) is 4.72 Å². The third-order valence-electron chi connectivity index (χ3n) is 10.6. The van der Waals surface area contributed by atoms with E-state index in [2.05, 4.69) is 25.3 Å². The van der Waals surface area contributed by atoms with Gasteiger partial charge in [0.25, 0.3) is 21.5 Å². The van der Waals surface area contributed by atoms with Crippen molar-refractivity contribution in [3.8, 4) is 16.8 Å². The van der Waals surface area contributed by atoms with Gasteiger partial charge in [-0.25, -0.2) is 41.3 Å². The Morgan fingerprint density at radius 3 is 2.28 bits per heavy atom. The second-order valence-corrected chi connectivity index (χ2v) is 16.5. The number of carbonyl (C=O) groups excluding carboxylic acids is 2. The van der Waals surface area contributed by atoms with Gasteiger partial charge < -0.3 is 10.1 Å². The number of nitrogens with one attached hydrogen (secondary N) is 2. The number of pyridine rings is 2. The number of hydrogen-bond acceptors (Lipinski definition) is 11. The van der Waals surface area contributed by atoms with Crippen molar-refractivity contribution in [1.82, 2.24) is 34.4 Å². The van der Waals surface area contributed by atoms with Crippen LogP contribution in [0, 0.1) is 11.6 Å². The molecule has 2 aromatic carbocycles. The molecule has 2 saturated carbocycles. The Bertz CT molecular complexity index is 2840. The summed E-state index contributed by atoms with van der Waals surface area (Å²) in [5.74, 6) is -3.37. The van der Waals surface area contributed by atoms with E-state index in [9.17, 15) is 27.6 Å². The molecule has 0 bridgehead atoms. The van der Waals surface area contributed by atoms with Crippen LogP contribution in [0.4, 0.5) is 14.5 Å². The summed E-state index contributed by atoms with van der Waals surface area (Å²) in [4.78, 5) is 70.4. The highest BCUT2D eigenvalue weighted by molar-refractivity contribution is 7.92. The summed E-state index contributed by atoms with van der Waals surface area (Å²) in [7, 11) is -2.91. The topological polar surface area (TPSA) is 197 Å². The van der Waals surface area contributed by atoms with Crippen LogP contribution >= 0.6 is 0 Å². The zero-order valence-corrected chi connectivity index (χ0v) is 33.0. The Labute approximate surface area is 341 Å². The van der Waals surface area contributed by atoms with Gasteiger partial charge in [-0.2, -0.15) is 0 Å². The van der Waals surface area contributed by atoms with E-state index in [0.717, 1.165) is 42.5 Å². The Morgan fingerprint density at radius 2 is 1.60 bits per heavy atom. The molecule has 4 heterocycles. The maximum absolute atomic E-state index is 15.6. The predicted octanol–water partition coefficient (Wildman–Crippen LogP) is 5.11. The largest absolute Gasteiger partial charge is 0.461 e. The number of hydrogen-bond donors (Lipinski definition) is 2. The van der Waals surface area contributed by atoms with Gasteiger partial charge in [0, 0.05) is 55.3 Å². The first kappa shape index (κ1) is 40.1. The fourth-order valence-corrected chi connectivity index (χ4v) is 8.19. The number of halogens is 2. The number of anilines is 1. The molecule has 0 aliphatic heterocycles. The molecular weight excluding hydrogens is 799 g/mol. The minimum Gasteiger partial charge on any atom is -0.461 e. The molecule has 2 aliphatic rings. The first-order valence-electron chi connectivity index (χ1n) is 19.3. The van der Waals surface area contributed by atoms with Crippen LogP contribution in [-0.4, -0.2) is 61.5 Å². The van der Waals surface area contributed by atoms with E-state index >= 15 is 8.78 Å². The standard InChI is InChI=1S/C42H38F2N8O7S/c1-51-37-23-45-16-15-31(37)40(54)52(42(51)56)28-12-11-27(46-22-28)17-36(41(55)59-29-5-3-2-4-6-29)49-39(53)32-18-34(44)35(19-33(32)43)50-60(57,58)30-13-9-24(10-14-30)26-20-47-38(48-21-26)25-7-8-25/h9-16,18-23,25,29,36,50H,2-8,17H2,1H3,(H,49,53)/t36-/m0/s1. The third-order valence-corrected chi connectivity index (χ3v) is 12.0. The first-order chi connectivity index (χ1) is 28.9. The Morgan fingerprint density at radius 1 is 0.867 bits per heavy atom. The van der Waals surface area contributed by atoms with Crippen molar-refractivity contribution in [3.05, 3.63) is 135 Å². The van der Waals surface area contributed by atoms with Crippen LogP contribution < -0.4 is 21.3 Å². The normalized spacial score (nSPS) is 15.1. The fourth-order valence-electron chi connectivity index (χ4n) is 7.13. The van der Waals surface area contributed by atoms with Gasteiger partial charge in [-0.15, -0.1) is 0 Å². The molecule has 4 aromatic heterocycles. The molecule has 60 heavy (non-hydrogen) atoms. The number of nitrogens with zero attached hydrogens (tertiary/aromatic N) is 6. The minimum absolute atomic E-state index is 0.142. The first-order valence-corrected chi connectivity index (χ1v) is 20.8. The van der Waals surface area contributed by atoms with Crippen LogP contribution in [0.1, 0.15) is 72.7 Å². The summed E-state index contributed by atoms with van der Waals surface area (Å²) in [5, 5.41) is 2.69. The van der Waals surface area contributed by atoms with Gasteiger partial charge in [0.2, 0.25) is 0 Å². The molecular formula is C42H38F2N8O7S. The molecule has 1 atom stereocenters. The molecule has 2 N–H and O–H groups in total. The molecule has 0 radical (unpaired) electrons. The summed E-state index contributed by atoms with van der Waals surface area (Å²) in [6.45, 7) is 0. The van der Waals surface area contributed by atoms with Crippen LogP contribution in [0.2, 0.25) is 0 Å². The van der Waals surface area contributed by atoms with Crippen molar-refractivity contribution in [2.45, 2.75) is 74.3 Å². The molecule has 0 unspecified atom stereocenters. The van der Waals surface area contributed by atoms with Gasteiger partial charge >= 0.3 is 11.7 Å². The van der Waals surface area contributed by atoms with Gasteiger partial charge in [0.1, 0.15) is 29.6 Å². The molecule has 0 saturated heterocycles. The van der Waals surface area contributed by atoms with Crippen LogP contribution in [0.3, 0.4) is 0 Å². The van der Waals surface area contributed by atoms with E-state index < -0.39 is 68.2 Å². The van der Waals surface area contributed by atoms with Crippen molar-refractivity contribution in [3.63, 3.8) is 0 Å². The SMILES string of the molecule is Cn1c(=O)n(-c2ccc(C[C@H](NC(=O)c3cc(F)c(NS(=O)(=O)c4ccc(-c5cnc(C6CC6)nc5)cc4)cc3F)C(=O)OC3CCCCC3)nc2)c(=O)c2ccncc21. The highest BCUT2D eigenvalue weighted by Crippen LogP contribution is 2.38. The maximum Gasteiger partial charge on any atom is 0.335 e. The molecule has 8 rings (SSSR count).